The monoisotopic (exact) mass is 310 g/mol. The van der Waals surface area contributed by atoms with Crippen LogP contribution < -0.4 is 0 Å². The van der Waals surface area contributed by atoms with Gasteiger partial charge in [-0.05, 0) is 18.8 Å². The second-order valence-electron chi connectivity index (χ2n) is 6.17. The number of hydrogen-bond acceptors (Lipinski definition) is 5. The first kappa shape index (κ1) is 13.9. The Balaban J connectivity index is 1.87. The van der Waals surface area contributed by atoms with E-state index in [1.807, 2.05) is 30.9 Å². The standard InChI is InChI=1S/C16H18N6O/c1-10(2)13-14(11-7-18-22(8-11)12-3-4-12)19-16(20-15(13)23)21-6-5-17-9-21/h5-10,12H,3-4H2,1-2H3,(H,19,20,23). The summed E-state index contributed by atoms with van der Waals surface area (Å²) in [5.41, 5.74) is 2.37. The van der Waals surface area contributed by atoms with E-state index in [0.29, 0.717) is 12.0 Å². The maximum Gasteiger partial charge on any atom is 0.238 e. The number of aromatic hydroxyl groups is 1. The van der Waals surface area contributed by atoms with E-state index in [-0.39, 0.29) is 11.8 Å². The smallest absolute Gasteiger partial charge is 0.238 e. The largest absolute Gasteiger partial charge is 0.493 e. The SMILES string of the molecule is CC(C)c1c(O)nc(-n2ccnc2)nc1-c1cnn(C2CC2)c1. The van der Waals surface area contributed by atoms with Crippen LogP contribution in [0.5, 0.6) is 5.88 Å². The summed E-state index contributed by atoms with van der Waals surface area (Å²) in [7, 11) is 0. The Labute approximate surface area is 133 Å². The van der Waals surface area contributed by atoms with Gasteiger partial charge in [0.1, 0.15) is 6.33 Å². The maximum absolute atomic E-state index is 10.4. The molecular weight excluding hydrogens is 292 g/mol. The molecule has 4 rings (SSSR count). The van der Waals surface area contributed by atoms with Crippen molar-refractivity contribution in [2.45, 2.75) is 38.6 Å². The predicted octanol–water partition coefficient (Wildman–Crippen LogP) is 2.69. The Morgan fingerprint density at radius 2 is 2.09 bits per heavy atom. The fourth-order valence-corrected chi connectivity index (χ4v) is 2.69. The Morgan fingerprint density at radius 3 is 2.74 bits per heavy atom. The molecule has 118 valence electrons. The summed E-state index contributed by atoms with van der Waals surface area (Å²) in [6.07, 6.45) is 11.2. The van der Waals surface area contributed by atoms with Crippen LogP contribution in [0.1, 0.15) is 44.2 Å². The zero-order chi connectivity index (χ0) is 16.0. The van der Waals surface area contributed by atoms with E-state index in [9.17, 15) is 5.11 Å². The zero-order valence-corrected chi connectivity index (χ0v) is 13.1. The van der Waals surface area contributed by atoms with Gasteiger partial charge >= 0.3 is 0 Å². The van der Waals surface area contributed by atoms with E-state index < -0.39 is 0 Å². The van der Waals surface area contributed by atoms with Gasteiger partial charge in [0, 0.05) is 29.7 Å². The molecule has 0 atom stereocenters. The van der Waals surface area contributed by atoms with Gasteiger partial charge in [0.2, 0.25) is 11.8 Å². The molecule has 0 bridgehead atoms. The Hall–Kier alpha value is -2.70. The van der Waals surface area contributed by atoms with E-state index in [1.165, 1.54) is 12.8 Å². The van der Waals surface area contributed by atoms with Crippen molar-refractivity contribution in [3.8, 4) is 23.1 Å². The summed E-state index contributed by atoms with van der Waals surface area (Å²) in [6, 6.07) is 0.509. The van der Waals surface area contributed by atoms with Gasteiger partial charge in [0.05, 0.1) is 17.9 Å². The molecule has 1 aliphatic rings. The van der Waals surface area contributed by atoms with Crippen LogP contribution in [-0.2, 0) is 0 Å². The molecule has 3 heterocycles. The van der Waals surface area contributed by atoms with Gasteiger partial charge in [-0.2, -0.15) is 10.1 Å². The third-order valence-corrected chi connectivity index (χ3v) is 4.02. The van der Waals surface area contributed by atoms with Crippen LogP contribution >= 0.6 is 0 Å². The molecule has 1 saturated carbocycles. The first-order valence-corrected chi connectivity index (χ1v) is 7.77. The molecule has 23 heavy (non-hydrogen) atoms. The average molecular weight is 310 g/mol. The fraction of sp³-hybridized carbons (Fsp3) is 0.375. The van der Waals surface area contributed by atoms with Crippen molar-refractivity contribution >= 4 is 0 Å². The van der Waals surface area contributed by atoms with Crippen LogP contribution in [0.4, 0.5) is 0 Å². The topological polar surface area (TPSA) is 81.7 Å². The molecule has 0 unspecified atom stereocenters. The van der Waals surface area contributed by atoms with E-state index in [1.54, 1.807) is 23.3 Å². The predicted molar refractivity (Wildman–Crippen MR) is 84.4 cm³/mol. The molecule has 0 aliphatic heterocycles. The lowest BCUT2D eigenvalue weighted by Gasteiger charge is -2.14. The van der Waals surface area contributed by atoms with Crippen LogP contribution in [0, 0.1) is 0 Å². The van der Waals surface area contributed by atoms with Gasteiger partial charge < -0.3 is 5.11 Å². The molecule has 7 nitrogen and oxygen atoms in total. The van der Waals surface area contributed by atoms with Crippen molar-refractivity contribution in [1.82, 2.24) is 29.3 Å². The summed E-state index contributed by atoms with van der Waals surface area (Å²) < 4.78 is 3.66. The van der Waals surface area contributed by atoms with Crippen molar-refractivity contribution in [1.29, 1.82) is 0 Å². The second kappa shape index (κ2) is 5.19. The summed E-state index contributed by atoms with van der Waals surface area (Å²) in [5, 5.41) is 14.9. The average Bonchev–Trinajstić information content (AvgIpc) is 3.04. The molecule has 1 N–H and O–H groups in total. The Kier molecular flexibility index (Phi) is 3.14. The van der Waals surface area contributed by atoms with Crippen LogP contribution in [-0.4, -0.2) is 34.4 Å². The van der Waals surface area contributed by atoms with Crippen molar-refractivity contribution in [3.63, 3.8) is 0 Å². The van der Waals surface area contributed by atoms with Crippen LogP contribution in [0.25, 0.3) is 17.2 Å². The molecule has 0 saturated heterocycles. The highest BCUT2D eigenvalue weighted by Gasteiger charge is 2.26. The summed E-state index contributed by atoms with van der Waals surface area (Å²) in [4.78, 5) is 12.9. The molecule has 0 radical (unpaired) electrons. The fourth-order valence-electron chi connectivity index (χ4n) is 2.69. The van der Waals surface area contributed by atoms with Gasteiger partial charge in [0.25, 0.3) is 0 Å². The summed E-state index contributed by atoms with van der Waals surface area (Å²) in [6.45, 7) is 4.04. The molecule has 0 aromatic carbocycles. The van der Waals surface area contributed by atoms with E-state index >= 15 is 0 Å². The third kappa shape index (κ3) is 2.48. The number of nitrogens with zero attached hydrogens (tertiary/aromatic N) is 6. The number of imidazole rings is 1. The molecule has 3 aromatic heterocycles. The number of aromatic nitrogens is 6. The van der Waals surface area contributed by atoms with Gasteiger partial charge in [-0.1, -0.05) is 13.8 Å². The lowest BCUT2D eigenvalue weighted by molar-refractivity contribution is 0.440. The van der Waals surface area contributed by atoms with Crippen molar-refractivity contribution in [2.24, 2.45) is 0 Å². The summed E-state index contributed by atoms with van der Waals surface area (Å²) in [5.74, 6) is 0.512. The third-order valence-electron chi connectivity index (χ3n) is 4.02. The molecular formula is C16H18N6O. The van der Waals surface area contributed by atoms with E-state index in [0.717, 1.165) is 16.8 Å². The minimum absolute atomic E-state index is 0.00729. The molecule has 7 heteroatoms. The van der Waals surface area contributed by atoms with Crippen LogP contribution in [0.15, 0.2) is 31.1 Å². The van der Waals surface area contributed by atoms with Gasteiger partial charge in [-0.3, -0.25) is 9.25 Å². The summed E-state index contributed by atoms with van der Waals surface area (Å²) >= 11 is 0. The van der Waals surface area contributed by atoms with Crippen molar-refractivity contribution < 1.29 is 5.11 Å². The first-order valence-electron chi connectivity index (χ1n) is 7.77. The zero-order valence-electron chi connectivity index (χ0n) is 13.1. The highest BCUT2D eigenvalue weighted by Crippen LogP contribution is 2.37. The highest BCUT2D eigenvalue weighted by molar-refractivity contribution is 5.65. The quantitative estimate of drug-likeness (QED) is 0.801. The van der Waals surface area contributed by atoms with Crippen molar-refractivity contribution in [2.75, 3.05) is 0 Å². The number of hydrogen-bond donors (Lipinski definition) is 1. The lowest BCUT2D eigenvalue weighted by Crippen LogP contribution is -2.05. The van der Waals surface area contributed by atoms with E-state index in [4.69, 9.17) is 0 Å². The lowest BCUT2D eigenvalue weighted by atomic mass is 9.99. The van der Waals surface area contributed by atoms with Gasteiger partial charge in [-0.25, -0.2) is 9.97 Å². The Bertz CT molecular complexity index is 832. The number of rotatable bonds is 4. The van der Waals surface area contributed by atoms with Gasteiger partial charge in [-0.15, -0.1) is 0 Å². The minimum Gasteiger partial charge on any atom is -0.493 e. The maximum atomic E-state index is 10.4. The van der Waals surface area contributed by atoms with Crippen LogP contribution in [0.2, 0.25) is 0 Å². The molecule has 3 aromatic rings. The van der Waals surface area contributed by atoms with Crippen molar-refractivity contribution in [3.05, 3.63) is 36.7 Å². The molecule has 0 spiro atoms. The first-order chi connectivity index (χ1) is 11.1. The molecule has 0 amide bonds. The normalized spacial score (nSPS) is 14.6. The highest BCUT2D eigenvalue weighted by atomic mass is 16.3. The van der Waals surface area contributed by atoms with Crippen LogP contribution in [0.3, 0.4) is 0 Å². The second-order valence-corrected chi connectivity index (χ2v) is 6.17. The Morgan fingerprint density at radius 1 is 1.26 bits per heavy atom. The van der Waals surface area contributed by atoms with E-state index in [2.05, 4.69) is 20.1 Å². The van der Waals surface area contributed by atoms with Gasteiger partial charge in [0.15, 0.2) is 0 Å². The molecule has 1 fully saturated rings. The minimum atomic E-state index is 0.00729. The molecule has 1 aliphatic carbocycles.